The van der Waals surface area contributed by atoms with E-state index < -0.39 is 52.7 Å². The molecule has 0 saturated carbocycles. The number of carbonyl (C=O) groups excluding carboxylic acids is 1. The molecule has 2 amide bonds. The van der Waals surface area contributed by atoms with Crippen molar-refractivity contribution in [3.63, 3.8) is 0 Å². The minimum absolute atomic E-state index is 0.107. The van der Waals surface area contributed by atoms with E-state index in [0.29, 0.717) is 11.3 Å². The molecular formula is C22H24F3N3O4S. The highest BCUT2D eigenvalue weighted by Gasteiger charge is 2.47. The Labute approximate surface area is 190 Å². The molecule has 11 heteroatoms. The standard InChI is InChI=1S/C22H24F3N3O4S/c1-27-9-10-32-19-8-3-2-6-15(19)16-7-4-5-14(20(16)25)11-18-21(26-33(30,31)13-23)17(24)12-28(18)22(27)29/h2-8,17-18,21,26H,9-13H2,1H3/t17-,18?,21-/m0/s1. The maximum atomic E-state index is 15.6. The summed E-state index contributed by atoms with van der Waals surface area (Å²) in [5.74, 6) is -0.130. The number of hydrogen-bond acceptors (Lipinski definition) is 4. The first-order valence-electron chi connectivity index (χ1n) is 10.4. The van der Waals surface area contributed by atoms with Crippen LogP contribution in [0.4, 0.5) is 18.0 Å². The van der Waals surface area contributed by atoms with Crippen LogP contribution >= 0.6 is 0 Å². The second-order valence-corrected chi connectivity index (χ2v) is 9.82. The van der Waals surface area contributed by atoms with Crippen molar-refractivity contribution in [2.45, 2.75) is 24.7 Å². The number of sulfonamides is 1. The van der Waals surface area contributed by atoms with Crippen molar-refractivity contribution in [1.82, 2.24) is 14.5 Å². The number of hydrogen-bond donors (Lipinski definition) is 1. The SMILES string of the molecule is CN1CCOc2ccccc2-c2cccc(c2F)CC2[C@@H](NS(=O)(=O)CF)[C@@H](F)CN2C1=O. The molecule has 1 N–H and O–H groups in total. The van der Waals surface area contributed by atoms with Gasteiger partial charge in [-0.3, -0.25) is 0 Å². The van der Waals surface area contributed by atoms with Crippen molar-refractivity contribution < 1.29 is 31.1 Å². The lowest BCUT2D eigenvalue weighted by atomic mass is 9.95. The molecule has 0 spiro atoms. The highest BCUT2D eigenvalue weighted by atomic mass is 32.2. The monoisotopic (exact) mass is 483 g/mol. The molecule has 0 aromatic heterocycles. The number of alkyl halides is 2. The molecule has 2 bridgehead atoms. The van der Waals surface area contributed by atoms with Crippen LogP contribution in [0.1, 0.15) is 5.56 Å². The number of urea groups is 1. The Balaban J connectivity index is 1.81. The normalized spacial score (nSPS) is 23.6. The molecule has 178 valence electrons. The van der Waals surface area contributed by atoms with Crippen LogP contribution in [0.3, 0.4) is 0 Å². The summed E-state index contributed by atoms with van der Waals surface area (Å²) in [5.41, 5.74) is 0.959. The zero-order valence-electron chi connectivity index (χ0n) is 17.9. The predicted octanol–water partition coefficient (Wildman–Crippen LogP) is 2.72. The number of likely N-dealkylation sites (N-methyl/N-ethyl adjacent to an activating group) is 1. The van der Waals surface area contributed by atoms with Crippen molar-refractivity contribution >= 4 is 16.1 Å². The van der Waals surface area contributed by atoms with Crippen LogP contribution in [0.15, 0.2) is 42.5 Å². The molecule has 2 aromatic carbocycles. The number of para-hydroxylation sites is 1. The first-order chi connectivity index (χ1) is 15.7. The van der Waals surface area contributed by atoms with Gasteiger partial charge in [0.15, 0.2) is 0 Å². The minimum atomic E-state index is -4.42. The van der Waals surface area contributed by atoms with Crippen molar-refractivity contribution in [2.24, 2.45) is 0 Å². The molecule has 2 heterocycles. The van der Waals surface area contributed by atoms with Gasteiger partial charge in [0.25, 0.3) is 0 Å². The molecule has 1 fully saturated rings. The van der Waals surface area contributed by atoms with E-state index in [1.54, 1.807) is 36.4 Å². The van der Waals surface area contributed by atoms with Crippen molar-refractivity contribution in [3.8, 4) is 16.9 Å². The second kappa shape index (κ2) is 9.22. The Kier molecular flexibility index (Phi) is 6.53. The zero-order chi connectivity index (χ0) is 23.8. The van der Waals surface area contributed by atoms with Gasteiger partial charge in [-0.1, -0.05) is 36.4 Å². The third kappa shape index (κ3) is 4.65. The van der Waals surface area contributed by atoms with Gasteiger partial charge < -0.3 is 14.5 Å². The third-order valence-corrected chi connectivity index (χ3v) is 6.89. The minimum Gasteiger partial charge on any atom is -0.491 e. The van der Waals surface area contributed by atoms with E-state index in [2.05, 4.69) is 0 Å². The first-order valence-corrected chi connectivity index (χ1v) is 12.1. The molecule has 4 rings (SSSR count). The number of benzene rings is 2. The molecule has 2 aliphatic rings. The van der Waals surface area contributed by atoms with Crippen molar-refractivity contribution in [1.29, 1.82) is 0 Å². The Bertz CT molecular complexity index is 1150. The van der Waals surface area contributed by atoms with E-state index in [-0.39, 0.29) is 30.7 Å². The lowest BCUT2D eigenvalue weighted by molar-refractivity contribution is 0.146. The Morgan fingerprint density at radius 3 is 2.64 bits per heavy atom. The average Bonchev–Trinajstić information content (AvgIpc) is 3.09. The fourth-order valence-corrected chi connectivity index (χ4v) is 5.10. The highest BCUT2D eigenvalue weighted by Crippen LogP contribution is 2.35. The van der Waals surface area contributed by atoms with E-state index in [9.17, 15) is 22.0 Å². The number of ether oxygens (including phenoxy) is 1. The van der Waals surface area contributed by atoms with Crippen molar-refractivity contribution in [2.75, 3.05) is 32.8 Å². The summed E-state index contributed by atoms with van der Waals surface area (Å²) in [6.07, 6.45) is -1.95. The van der Waals surface area contributed by atoms with Crippen LogP contribution < -0.4 is 9.46 Å². The smallest absolute Gasteiger partial charge is 0.320 e. The van der Waals surface area contributed by atoms with Gasteiger partial charge in [0.2, 0.25) is 16.0 Å². The molecule has 3 atom stereocenters. The van der Waals surface area contributed by atoms with Crippen LogP contribution in [0.25, 0.3) is 11.1 Å². The van der Waals surface area contributed by atoms with Crippen LogP contribution in [0, 0.1) is 5.82 Å². The number of nitrogens with zero attached hydrogens (tertiary/aromatic N) is 2. The molecule has 1 saturated heterocycles. The predicted molar refractivity (Wildman–Crippen MR) is 116 cm³/mol. The molecule has 7 nitrogen and oxygen atoms in total. The largest absolute Gasteiger partial charge is 0.491 e. The maximum Gasteiger partial charge on any atom is 0.320 e. The van der Waals surface area contributed by atoms with Crippen LogP contribution in [0.2, 0.25) is 0 Å². The summed E-state index contributed by atoms with van der Waals surface area (Å²) in [4.78, 5) is 15.6. The fourth-order valence-electron chi connectivity index (χ4n) is 4.31. The molecule has 33 heavy (non-hydrogen) atoms. The van der Waals surface area contributed by atoms with E-state index in [1.807, 2.05) is 4.72 Å². The first kappa shape index (κ1) is 23.4. The second-order valence-electron chi connectivity index (χ2n) is 8.13. The number of fused-ring (bicyclic) bond motifs is 5. The third-order valence-electron chi connectivity index (χ3n) is 5.98. The Morgan fingerprint density at radius 2 is 1.88 bits per heavy atom. The molecule has 0 aliphatic carbocycles. The number of nitrogens with one attached hydrogen (secondary N) is 1. The average molecular weight is 484 g/mol. The summed E-state index contributed by atoms with van der Waals surface area (Å²) in [6, 6.07) is 6.88. The summed E-state index contributed by atoms with van der Waals surface area (Å²) in [6.45, 7) is -0.139. The van der Waals surface area contributed by atoms with Gasteiger partial charge in [0.05, 0.1) is 25.2 Å². The van der Waals surface area contributed by atoms with Crippen molar-refractivity contribution in [3.05, 3.63) is 53.8 Å². The van der Waals surface area contributed by atoms with Gasteiger partial charge in [-0.15, -0.1) is 0 Å². The van der Waals surface area contributed by atoms with Crippen LogP contribution in [-0.4, -0.2) is 75.3 Å². The van der Waals surface area contributed by atoms with E-state index in [1.165, 1.54) is 22.9 Å². The molecule has 1 unspecified atom stereocenters. The molecular weight excluding hydrogens is 459 g/mol. The summed E-state index contributed by atoms with van der Waals surface area (Å²) in [7, 11) is -2.90. The van der Waals surface area contributed by atoms with Gasteiger partial charge in [0, 0.05) is 18.2 Å². The highest BCUT2D eigenvalue weighted by molar-refractivity contribution is 7.89. The number of rotatable bonds is 3. The van der Waals surface area contributed by atoms with Crippen LogP contribution in [0.5, 0.6) is 5.75 Å². The van der Waals surface area contributed by atoms with E-state index in [0.717, 1.165) is 0 Å². The topological polar surface area (TPSA) is 79.0 Å². The Hall–Kier alpha value is -2.79. The quantitative estimate of drug-likeness (QED) is 0.728. The number of amides is 2. The van der Waals surface area contributed by atoms with Gasteiger partial charge in [-0.2, -0.15) is 0 Å². The van der Waals surface area contributed by atoms with Gasteiger partial charge >= 0.3 is 6.03 Å². The lowest BCUT2D eigenvalue weighted by Crippen LogP contribution is -2.52. The van der Waals surface area contributed by atoms with Gasteiger partial charge in [-0.25, -0.2) is 31.1 Å². The van der Waals surface area contributed by atoms with Gasteiger partial charge in [0.1, 0.15) is 24.3 Å². The lowest BCUT2D eigenvalue weighted by Gasteiger charge is -2.31. The summed E-state index contributed by atoms with van der Waals surface area (Å²) >= 11 is 0. The van der Waals surface area contributed by atoms with E-state index >= 15 is 4.39 Å². The maximum absolute atomic E-state index is 15.6. The molecule has 2 aromatic rings. The zero-order valence-corrected chi connectivity index (χ0v) is 18.7. The summed E-state index contributed by atoms with van der Waals surface area (Å²) < 4.78 is 75.1. The molecule has 2 aliphatic heterocycles. The Morgan fingerprint density at radius 1 is 1.15 bits per heavy atom. The fraction of sp³-hybridized carbons (Fsp3) is 0.409. The number of halogens is 3. The number of carbonyl (C=O) groups is 1. The summed E-state index contributed by atoms with van der Waals surface area (Å²) in [5, 5.41) is 0. The van der Waals surface area contributed by atoms with Gasteiger partial charge in [-0.05, 0) is 18.1 Å². The van der Waals surface area contributed by atoms with Crippen LogP contribution in [-0.2, 0) is 16.4 Å². The molecule has 0 radical (unpaired) electrons. The van der Waals surface area contributed by atoms with E-state index in [4.69, 9.17) is 4.74 Å².